The molecular formula is C9H15NO5. The maximum Gasteiger partial charge on any atom is 0.413 e. The zero-order chi connectivity index (χ0) is 12.0. The lowest BCUT2D eigenvalue weighted by Gasteiger charge is -2.36. The van der Waals surface area contributed by atoms with E-state index >= 15 is 0 Å². The lowest BCUT2D eigenvalue weighted by atomic mass is 9.95. The second kappa shape index (κ2) is 3.10. The van der Waals surface area contributed by atoms with Crippen LogP contribution in [0.2, 0.25) is 0 Å². The normalized spacial score (nSPS) is 31.3. The highest BCUT2D eigenvalue weighted by molar-refractivity contribution is 5.81. The van der Waals surface area contributed by atoms with Gasteiger partial charge in [-0.2, -0.15) is 0 Å². The van der Waals surface area contributed by atoms with Crippen molar-refractivity contribution in [2.75, 3.05) is 0 Å². The summed E-state index contributed by atoms with van der Waals surface area (Å²) in [5, 5.41) is 18.9. The Morgan fingerprint density at radius 1 is 1.47 bits per heavy atom. The Bertz CT molecular complexity index is 310. The van der Waals surface area contributed by atoms with Gasteiger partial charge in [0.1, 0.15) is 6.04 Å². The second-order valence-electron chi connectivity index (χ2n) is 4.28. The standard InChI is InChI=1S/C9H15NO5/c1-5(6(11)12)10-7(13)15-8(2,3)9(10,4)14/h5,14H,1-4H3,(H,11,12)/t5-,9-/m1/s1. The van der Waals surface area contributed by atoms with Crippen molar-refractivity contribution in [3.63, 3.8) is 0 Å². The van der Waals surface area contributed by atoms with Crippen LogP contribution in [0.15, 0.2) is 0 Å². The van der Waals surface area contributed by atoms with Gasteiger partial charge in [0.05, 0.1) is 0 Å². The molecule has 1 rings (SSSR count). The third-order valence-corrected chi connectivity index (χ3v) is 2.89. The van der Waals surface area contributed by atoms with Crippen LogP contribution in [0, 0.1) is 0 Å². The van der Waals surface area contributed by atoms with Gasteiger partial charge in [0.15, 0.2) is 11.3 Å². The summed E-state index contributed by atoms with van der Waals surface area (Å²) in [4.78, 5) is 23.0. The van der Waals surface area contributed by atoms with Crippen molar-refractivity contribution in [1.82, 2.24) is 4.90 Å². The van der Waals surface area contributed by atoms with E-state index in [1.165, 1.54) is 27.7 Å². The van der Waals surface area contributed by atoms with E-state index in [2.05, 4.69) is 0 Å². The number of amides is 1. The average molecular weight is 217 g/mol. The highest BCUT2D eigenvalue weighted by atomic mass is 16.6. The number of aliphatic carboxylic acids is 1. The minimum Gasteiger partial charge on any atom is -0.480 e. The van der Waals surface area contributed by atoms with Crippen LogP contribution in [-0.2, 0) is 9.53 Å². The van der Waals surface area contributed by atoms with Crippen LogP contribution in [0.5, 0.6) is 0 Å². The van der Waals surface area contributed by atoms with Crippen molar-refractivity contribution < 1.29 is 24.5 Å². The second-order valence-corrected chi connectivity index (χ2v) is 4.28. The predicted molar refractivity (Wildman–Crippen MR) is 50.1 cm³/mol. The van der Waals surface area contributed by atoms with Gasteiger partial charge in [-0.15, -0.1) is 0 Å². The topological polar surface area (TPSA) is 87.1 Å². The van der Waals surface area contributed by atoms with Crippen LogP contribution in [-0.4, -0.2) is 44.5 Å². The Hall–Kier alpha value is -1.30. The third kappa shape index (κ3) is 1.54. The molecule has 1 fully saturated rings. The van der Waals surface area contributed by atoms with E-state index in [-0.39, 0.29) is 0 Å². The first kappa shape index (κ1) is 11.8. The molecule has 1 amide bonds. The molecular weight excluding hydrogens is 202 g/mol. The first-order valence-corrected chi connectivity index (χ1v) is 4.59. The van der Waals surface area contributed by atoms with E-state index in [1.807, 2.05) is 0 Å². The molecule has 0 bridgehead atoms. The number of carboxylic acids is 1. The molecule has 0 aromatic rings. The maximum atomic E-state index is 11.4. The van der Waals surface area contributed by atoms with Crippen molar-refractivity contribution in [3.05, 3.63) is 0 Å². The summed E-state index contributed by atoms with van der Waals surface area (Å²) in [6.07, 6.45) is -0.820. The monoisotopic (exact) mass is 217 g/mol. The summed E-state index contributed by atoms with van der Waals surface area (Å²) in [7, 11) is 0. The van der Waals surface area contributed by atoms with Gasteiger partial charge in [-0.1, -0.05) is 0 Å². The zero-order valence-electron chi connectivity index (χ0n) is 9.14. The molecule has 15 heavy (non-hydrogen) atoms. The fourth-order valence-electron chi connectivity index (χ4n) is 1.48. The van der Waals surface area contributed by atoms with E-state index in [0.717, 1.165) is 4.90 Å². The molecule has 0 aliphatic carbocycles. The molecule has 6 heteroatoms. The molecule has 1 aliphatic rings. The third-order valence-electron chi connectivity index (χ3n) is 2.89. The van der Waals surface area contributed by atoms with Gasteiger partial charge in [0.25, 0.3) is 0 Å². The van der Waals surface area contributed by atoms with Crippen LogP contribution >= 0.6 is 0 Å². The quantitative estimate of drug-likeness (QED) is 0.699. The van der Waals surface area contributed by atoms with Crippen molar-refractivity contribution >= 4 is 12.1 Å². The lowest BCUT2D eigenvalue weighted by Crippen LogP contribution is -2.58. The number of carboxylic acid groups (broad SMARTS) is 1. The summed E-state index contributed by atoms with van der Waals surface area (Å²) < 4.78 is 4.92. The van der Waals surface area contributed by atoms with Crippen molar-refractivity contribution in [3.8, 4) is 0 Å². The fraction of sp³-hybridized carbons (Fsp3) is 0.778. The number of rotatable bonds is 2. The smallest absolute Gasteiger partial charge is 0.413 e. The van der Waals surface area contributed by atoms with Crippen LogP contribution in [0.25, 0.3) is 0 Å². The van der Waals surface area contributed by atoms with E-state index in [4.69, 9.17) is 9.84 Å². The van der Waals surface area contributed by atoms with Gasteiger partial charge in [-0.05, 0) is 27.7 Å². The molecule has 86 valence electrons. The van der Waals surface area contributed by atoms with Crippen LogP contribution in [0.3, 0.4) is 0 Å². The first-order chi connectivity index (χ1) is 6.61. The molecule has 0 spiro atoms. The van der Waals surface area contributed by atoms with Gasteiger partial charge in [0.2, 0.25) is 0 Å². The van der Waals surface area contributed by atoms with E-state index in [1.54, 1.807) is 0 Å². The number of carbonyl (C=O) groups is 2. The first-order valence-electron chi connectivity index (χ1n) is 4.59. The Morgan fingerprint density at radius 3 is 2.20 bits per heavy atom. The summed E-state index contributed by atoms with van der Waals surface area (Å²) in [5.74, 6) is -1.19. The molecule has 0 aromatic carbocycles. The minimum absolute atomic E-state index is 0.820. The Kier molecular flexibility index (Phi) is 2.43. The number of hydrogen-bond acceptors (Lipinski definition) is 4. The van der Waals surface area contributed by atoms with Crippen molar-refractivity contribution in [2.24, 2.45) is 0 Å². The number of hydrogen-bond donors (Lipinski definition) is 2. The highest BCUT2D eigenvalue weighted by Crippen LogP contribution is 2.38. The van der Waals surface area contributed by atoms with Crippen LogP contribution in [0.1, 0.15) is 27.7 Å². The Morgan fingerprint density at radius 2 is 1.93 bits per heavy atom. The van der Waals surface area contributed by atoms with Crippen LogP contribution in [0.4, 0.5) is 4.79 Å². The number of cyclic esters (lactones) is 1. The van der Waals surface area contributed by atoms with Gasteiger partial charge >= 0.3 is 12.1 Å². The number of ether oxygens (including phenoxy) is 1. The molecule has 0 aromatic heterocycles. The summed E-state index contributed by atoms with van der Waals surface area (Å²) >= 11 is 0. The summed E-state index contributed by atoms with van der Waals surface area (Å²) in [5.41, 5.74) is -2.77. The fourth-order valence-corrected chi connectivity index (χ4v) is 1.48. The largest absolute Gasteiger partial charge is 0.480 e. The molecule has 1 aliphatic heterocycles. The van der Waals surface area contributed by atoms with E-state index < -0.39 is 29.4 Å². The number of nitrogens with zero attached hydrogens (tertiary/aromatic N) is 1. The molecule has 6 nitrogen and oxygen atoms in total. The molecule has 2 N–H and O–H groups in total. The van der Waals surface area contributed by atoms with Gasteiger partial charge < -0.3 is 14.9 Å². The summed E-state index contributed by atoms with van der Waals surface area (Å²) in [6, 6.07) is -1.13. The molecule has 0 unspecified atom stereocenters. The number of aliphatic hydroxyl groups is 1. The van der Waals surface area contributed by atoms with Crippen LogP contribution < -0.4 is 0 Å². The zero-order valence-corrected chi connectivity index (χ0v) is 9.14. The van der Waals surface area contributed by atoms with Gasteiger partial charge in [-0.3, -0.25) is 4.90 Å². The van der Waals surface area contributed by atoms with Gasteiger partial charge in [0, 0.05) is 0 Å². The SMILES string of the molecule is C[C@H](C(=O)O)N1C(=O)OC(C)(C)[C@@]1(C)O. The lowest BCUT2D eigenvalue weighted by molar-refractivity contribution is -0.159. The molecule has 1 heterocycles. The molecule has 0 radical (unpaired) electrons. The summed E-state index contributed by atoms with van der Waals surface area (Å²) in [6.45, 7) is 5.73. The van der Waals surface area contributed by atoms with E-state index in [9.17, 15) is 14.7 Å². The molecule has 0 saturated carbocycles. The average Bonchev–Trinajstić information content (AvgIpc) is 2.16. The molecule has 1 saturated heterocycles. The van der Waals surface area contributed by atoms with Crippen molar-refractivity contribution in [1.29, 1.82) is 0 Å². The molecule has 2 atom stereocenters. The minimum atomic E-state index is -1.64. The number of carbonyl (C=O) groups excluding carboxylic acids is 1. The van der Waals surface area contributed by atoms with Crippen molar-refractivity contribution in [2.45, 2.75) is 45.1 Å². The van der Waals surface area contributed by atoms with E-state index in [0.29, 0.717) is 0 Å². The maximum absolute atomic E-state index is 11.4. The highest BCUT2D eigenvalue weighted by Gasteiger charge is 2.59. The predicted octanol–water partition coefficient (Wildman–Crippen LogP) is 0.399. The van der Waals surface area contributed by atoms with Gasteiger partial charge in [-0.25, -0.2) is 9.59 Å². The Balaban J connectivity index is 3.10. The Labute approximate surface area is 87.4 Å².